The third-order valence-corrected chi connectivity index (χ3v) is 3.71. The van der Waals surface area contributed by atoms with E-state index in [0.29, 0.717) is 17.7 Å². The third kappa shape index (κ3) is 2.48. The first-order valence-corrected chi connectivity index (χ1v) is 6.04. The molecule has 1 saturated carbocycles. The fourth-order valence-corrected chi connectivity index (χ4v) is 2.33. The Hall–Kier alpha value is -1.09. The normalized spacial score (nSPS) is 17.3. The molecule has 5 nitrogen and oxygen atoms in total. The van der Waals surface area contributed by atoms with Gasteiger partial charge in [-0.15, -0.1) is 5.10 Å². The molecule has 0 amide bonds. The SMILES string of the molecule is CCC(CC#N)Sc1nnnn1C1CC1. The van der Waals surface area contributed by atoms with Gasteiger partial charge in [-0.1, -0.05) is 18.7 Å². The summed E-state index contributed by atoms with van der Waals surface area (Å²) < 4.78 is 1.89. The molecule has 1 heterocycles. The molecular weight excluding hydrogens is 210 g/mol. The topological polar surface area (TPSA) is 67.4 Å². The summed E-state index contributed by atoms with van der Waals surface area (Å²) in [7, 11) is 0. The largest absolute Gasteiger partial charge is 0.217 e. The highest BCUT2D eigenvalue weighted by Crippen LogP contribution is 2.37. The minimum atomic E-state index is 0.304. The van der Waals surface area contributed by atoms with Crippen molar-refractivity contribution in [2.24, 2.45) is 0 Å². The van der Waals surface area contributed by atoms with Crippen LogP contribution in [0.3, 0.4) is 0 Å². The van der Waals surface area contributed by atoms with E-state index < -0.39 is 0 Å². The van der Waals surface area contributed by atoms with Crippen molar-refractivity contribution in [3.63, 3.8) is 0 Å². The van der Waals surface area contributed by atoms with Crippen LogP contribution in [-0.2, 0) is 0 Å². The van der Waals surface area contributed by atoms with Gasteiger partial charge in [0.15, 0.2) is 0 Å². The summed E-state index contributed by atoms with van der Waals surface area (Å²) in [5.74, 6) is 0. The smallest absolute Gasteiger partial charge is 0.209 e. The van der Waals surface area contributed by atoms with E-state index in [1.165, 1.54) is 12.8 Å². The lowest BCUT2D eigenvalue weighted by molar-refractivity contribution is 0.564. The quantitative estimate of drug-likeness (QED) is 0.712. The minimum absolute atomic E-state index is 0.304. The van der Waals surface area contributed by atoms with E-state index in [9.17, 15) is 0 Å². The van der Waals surface area contributed by atoms with Crippen molar-refractivity contribution in [3.8, 4) is 6.07 Å². The highest BCUT2D eigenvalue weighted by atomic mass is 32.2. The number of hydrogen-bond acceptors (Lipinski definition) is 5. The summed E-state index contributed by atoms with van der Waals surface area (Å²) in [5.41, 5.74) is 0. The second-order valence-electron chi connectivity index (χ2n) is 3.65. The van der Waals surface area contributed by atoms with E-state index >= 15 is 0 Å². The minimum Gasteiger partial charge on any atom is -0.217 e. The Labute approximate surface area is 92.8 Å². The lowest BCUT2D eigenvalue weighted by Crippen LogP contribution is -2.04. The summed E-state index contributed by atoms with van der Waals surface area (Å²) in [6.07, 6.45) is 3.87. The third-order valence-electron chi connectivity index (χ3n) is 2.40. The fraction of sp³-hybridized carbons (Fsp3) is 0.778. The maximum atomic E-state index is 8.67. The molecule has 15 heavy (non-hydrogen) atoms. The van der Waals surface area contributed by atoms with Crippen LogP contribution in [0.2, 0.25) is 0 Å². The van der Waals surface area contributed by atoms with Crippen LogP contribution < -0.4 is 0 Å². The van der Waals surface area contributed by atoms with Crippen LogP contribution in [0.25, 0.3) is 0 Å². The highest BCUT2D eigenvalue weighted by Gasteiger charge is 2.28. The monoisotopic (exact) mass is 223 g/mol. The van der Waals surface area contributed by atoms with Gasteiger partial charge in [-0.25, -0.2) is 4.68 Å². The van der Waals surface area contributed by atoms with Crippen LogP contribution in [0.15, 0.2) is 5.16 Å². The Morgan fingerprint density at radius 2 is 2.47 bits per heavy atom. The van der Waals surface area contributed by atoms with Crippen molar-refractivity contribution in [1.29, 1.82) is 5.26 Å². The highest BCUT2D eigenvalue weighted by molar-refractivity contribution is 7.99. The first-order chi connectivity index (χ1) is 7.35. The second kappa shape index (κ2) is 4.62. The molecule has 1 atom stereocenters. The van der Waals surface area contributed by atoms with Gasteiger partial charge in [-0.3, -0.25) is 0 Å². The summed E-state index contributed by atoms with van der Waals surface area (Å²) >= 11 is 1.62. The maximum absolute atomic E-state index is 8.67. The zero-order chi connectivity index (χ0) is 10.7. The van der Waals surface area contributed by atoms with Gasteiger partial charge in [0.1, 0.15) is 0 Å². The van der Waals surface area contributed by atoms with Gasteiger partial charge in [-0.2, -0.15) is 5.26 Å². The van der Waals surface area contributed by atoms with Crippen LogP contribution >= 0.6 is 11.8 Å². The summed E-state index contributed by atoms with van der Waals surface area (Å²) in [6.45, 7) is 2.08. The van der Waals surface area contributed by atoms with Crippen LogP contribution in [0.1, 0.15) is 38.6 Å². The molecule has 6 heteroatoms. The molecule has 0 spiro atoms. The predicted molar refractivity (Wildman–Crippen MR) is 56.3 cm³/mol. The van der Waals surface area contributed by atoms with Gasteiger partial charge in [0.25, 0.3) is 0 Å². The fourth-order valence-electron chi connectivity index (χ4n) is 1.33. The first-order valence-electron chi connectivity index (χ1n) is 5.16. The predicted octanol–water partition coefficient (Wildman–Crippen LogP) is 1.79. The molecule has 1 aliphatic rings. The average Bonchev–Trinajstić information content (AvgIpc) is 2.99. The molecule has 0 aliphatic heterocycles. The van der Waals surface area contributed by atoms with Gasteiger partial charge in [0.2, 0.25) is 5.16 Å². The molecule has 0 radical (unpaired) electrons. The van der Waals surface area contributed by atoms with E-state index in [4.69, 9.17) is 5.26 Å². The molecule has 2 rings (SSSR count). The number of rotatable bonds is 5. The van der Waals surface area contributed by atoms with Crippen LogP contribution in [0.5, 0.6) is 0 Å². The van der Waals surface area contributed by atoms with Crippen molar-refractivity contribution in [3.05, 3.63) is 0 Å². The van der Waals surface area contributed by atoms with E-state index in [2.05, 4.69) is 28.5 Å². The molecule has 1 fully saturated rings. The van der Waals surface area contributed by atoms with E-state index in [-0.39, 0.29) is 0 Å². The lowest BCUT2D eigenvalue weighted by Gasteiger charge is -2.09. The molecule has 1 aromatic heterocycles. The molecule has 1 aromatic rings. The van der Waals surface area contributed by atoms with E-state index in [1.54, 1.807) is 11.8 Å². The van der Waals surface area contributed by atoms with E-state index in [1.807, 2.05) is 4.68 Å². The summed E-state index contributed by atoms with van der Waals surface area (Å²) in [5, 5.41) is 21.5. The molecule has 1 unspecified atom stereocenters. The number of nitrogens with zero attached hydrogens (tertiary/aromatic N) is 5. The molecule has 0 aromatic carbocycles. The molecule has 0 N–H and O–H groups in total. The lowest BCUT2D eigenvalue weighted by atomic mass is 10.3. The number of aromatic nitrogens is 4. The van der Waals surface area contributed by atoms with Crippen molar-refractivity contribution in [2.75, 3.05) is 0 Å². The average molecular weight is 223 g/mol. The molecule has 0 saturated heterocycles. The number of thioether (sulfide) groups is 1. The summed E-state index contributed by atoms with van der Waals surface area (Å²) in [6, 6.07) is 2.70. The van der Waals surface area contributed by atoms with Gasteiger partial charge in [-0.05, 0) is 29.7 Å². The van der Waals surface area contributed by atoms with Crippen LogP contribution in [0, 0.1) is 11.3 Å². The van der Waals surface area contributed by atoms with Crippen molar-refractivity contribution >= 4 is 11.8 Å². The van der Waals surface area contributed by atoms with Gasteiger partial charge < -0.3 is 0 Å². The van der Waals surface area contributed by atoms with Crippen LogP contribution in [0.4, 0.5) is 0 Å². The first kappa shape index (κ1) is 10.4. The van der Waals surface area contributed by atoms with Gasteiger partial charge in [0.05, 0.1) is 12.1 Å². The standard InChI is InChI=1S/C9H13N5S/c1-2-8(5-6-10)15-9-11-12-13-14(9)7-3-4-7/h7-8H,2-5H2,1H3. The molecule has 80 valence electrons. The second-order valence-corrected chi connectivity index (χ2v) is 4.92. The Kier molecular flexibility index (Phi) is 3.21. The van der Waals surface area contributed by atoms with Gasteiger partial charge in [0, 0.05) is 11.7 Å². The summed E-state index contributed by atoms with van der Waals surface area (Å²) in [4.78, 5) is 0. The van der Waals surface area contributed by atoms with Crippen molar-refractivity contribution < 1.29 is 0 Å². The van der Waals surface area contributed by atoms with Crippen molar-refractivity contribution in [2.45, 2.75) is 49.1 Å². The molecular formula is C9H13N5S. The number of nitriles is 1. The Morgan fingerprint density at radius 3 is 3.07 bits per heavy atom. The zero-order valence-corrected chi connectivity index (χ0v) is 9.44. The Bertz CT molecular complexity index is 365. The molecule has 0 bridgehead atoms. The maximum Gasteiger partial charge on any atom is 0.209 e. The van der Waals surface area contributed by atoms with Crippen LogP contribution in [-0.4, -0.2) is 25.5 Å². The zero-order valence-electron chi connectivity index (χ0n) is 8.63. The Morgan fingerprint density at radius 1 is 1.67 bits per heavy atom. The number of hydrogen-bond donors (Lipinski definition) is 0. The Balaban J connectivity index is 2.02. The molecule has 1 aliphatic carbocycles. The van der Waals surface area contributed by atoms with E-state index in [0.717, 1.165) is 11.6 Å². The van der Waals surface area contributed by atoms with Crippen molar-refractivity contribution in [1.82, 2.24) is 20.2 Å². The number of tetrazole rings is 1. The van der Waals surface area contributed by atoms with Gasteiger partial charge >= 0.3 is 0 Å².